The summed E-state index contributed by atoms with van der Waals surface area (Å²) < 4.78 is 0.899. The third kappa shape index (κ3) is 3.34. The second-order valence-corrected chi connectivity index (χ2v) is 8.28. The van der Waals surface area contributed by atoms with Gasteiger partial charge >= 0.3 is 0 Å². The maximum atomic E-state index is 13.5. The molecule has 0 amide bonds. The number of pyridine rings is 1. The molecule has 0 spiro atoms. The number of benzene rings is 2. The molecule has 1 aliphatic rings. The lowest BCUT2D eigenvalue weighted by atomic mass is 10.0. The van der Waals surface area contributed by atoms with E-state index in [4.69, 9.17) is 0 Å². The normalized spacial score (nSPS) is 15.0. The van der Waals surface area contributed by atoms with E-state index < -0.39 is 0 Å². The van der Waals surface area contributed by atoms with Crippen molar-refractivity contribution in [2.24, 2.45) is 0 Å². The number of fused-ring (bicyclic) bond motifs is 2. The van der Waals surface area contributed by atoms with Crippen molar-refractivity contribution in [2.75, 3.05) is 10.6 Å². The van der Waals surface area contributed by atoms with E-state index in [1.807, 2.05) is 41.8 Å². The van der Waals surface area contributed by atoms with Gasteiger partial charge in [-0.15, -0.1) is 11.3 Å². The van der Waals surface area contributed by atoms with Crippen molar-refractivity contribution in [1.29, 1.82) is 0 Å². The lowest BCUT2D eigenvalue weighted by molar-refractivity contribution is 0.0972. The van der Waals surface area contributed by atoms with Crippen LogP contribution < -0.4 is 10.6 Å². The van der Waals surface area contributed by atoms with Crippen molar-refractivity contribution in [3.63, 3.8) is 0 Å². The summed E-state index contributed by atoms with van der Waals surface area (Å²) in [4.78, 5) is 18.0. The van der Waals surface area contributed by atoms with Gasteiger partial charge in [-0.2, -0.15) is 0 Å². The first-order chi connectivity index (χ1) is 14.7. The van der Waals surface area contributed by atoms with Gasteiger partial charge in [0.2, 0.25) is 0 Å². The highest BCUT2D eigenvalue weighted by Gasteiger charge is 2.30. The predicted octanol–water partition coefficient (Wildman–Crippen LogP) is 4.62. The zero-order valence-corrected chi connectivity index (χ0v) is 17.1. The van der Waals surface area contributed by atoms with Crippen molar-refractivity contribution in [1.82, 2.24) is 4.98 Å². The van der Waals surface area contributed by atoms with Crippen molar-refractivity contribution in [2.45, 2.75) is 25.6 Å². The number of anilines is 2. The molecule has 3 N–H and O–H groups in total. The standard InChI is InChI=1S/C24H21N3O2S/c28-13-17-14-30-24-21(17)26-12-18(22(24)25-11-15-6-2-1-3-7-15)23(29)20-10-16-8-4-5-9-19(16)27-20/h1-9,12,14,20,27-28H,10-11,13H2,(H,25,26). The summed E-state index contributed by atoms with van der Waals surface area (Å²) in [5.74, 6) is 0.0233. The highest BCUT2D eigenvalue weighted by Crippen LogP contribution is 2.36. The highest BCUT2D eigenvalue weighted by molar-refractivity contribution is 7.18. The molecule has 0 saturated carbocycles. The Balaban J connectivity index is 1.51. The molecular weight excluding hydrogens is 394 g/mol. The van der Waals surface area contributed by atoms with E-state index >= 15 is 0 Å². The first-order valence-corrected chi connectivity index (χ1v) is 10.8. The van der Waals surface area contributed by atoms with Crippen LogP contribution in [0.25, 0.3) is 10.2 Å². The molecule has 30 heavy (non-hydrogen) atoms. The SMILES string of the molecule is O=C(c1cnc2c(CO)csc2c1NCc1ccccc1)C1Cc2ccccc2N1. The summed E-state index contributed by atoms with van der Waals surface area (Å²) >= 11 is 1.50. The minimum Gasteiger partial charge on any atom is -0.392 e. The summed E-state index contributed by atoms with van der Waals surface area (Å²) in [7, 11) is 0. The summed E-state index contributed by atoms with van der Waals surface area (Å²) in [6, 6.07) is 17.8. The number of Topliss-reactive ketones (excluding diaryl/α,β-unsaturated/α-hetero) is 1. The molecule has 1 unspecified atom stereocenters. The summed E-state index contributed by atoms with van der Waals surface area (Å²) in [5, 5.41) is 18.4. The number of nitrogens with zero attached hydrogens (tertiary/aromatic N) is 1. The van der Waals surface area contributed by atoms with E-state index in [0.717, 1.165) is 38.3 Å². The fourth-order valence-electron chi connectivity index (χ4n) is 3.93. The van der Waals surface area contributed by atoms with Crippen LogP contribution in [-0.2, 0) is 19.6 Å². The molecule has 5 nitrogen and oxygen atoms in total. The average Bonchev–Trinajstić information content (AvgIpc) is 3.41. The number of carbonyl (C=O) groups excluding carboxylic acids is 1. The fraction of sp³-hybridized carbons (Fsp3) is 0.167. The summed E-state index contributed by atoms with van der Waals surface area (Å²) in [6.07, 6.45) is 2.31. The minimum atomic E-state index is -0.309. The number of aromatic nitrogens is 1. The van der Waals surface area contributed by atoms with E-state index in [2.05, 4.69) is 33.8 Å². The van der Waals surface area contributed by atoms with Gasteiger partial charge in [-0.3, -0.25) is 9.78 Å². The van der Waals surface area contributed by atoms with Crippen LogP contribution >= 0.6 is 11.3 Å². The Hall–Kier alpha value is -3.22. The number of thiophene rings is 1. The predicted molar refractivity (Wildman–Crippen MR) is 121 cm³/mol. The van der Waals surface area contributed by atoms with Gasteiger partial charge in [0, 0.05) is 30.4 Å². The van der Waals surface area contributed by atoms with E-state index in [1.165, 1.54) is 11.3 Å². The third-order valence-corrected chi connectivity index (χ3v) is 6.53. The topological polar surface area (TPSA) is 74.2 Å². The molecule has 0 fully saturated rings. The zero-order valence-electron chi connectivity index (χ0n) is 16.3. The van der Waals surface area contributed by atoms with E-state index in [1.54, 1.807) is 6.20 Å². The molecule has 2 aromatic heterocycles. The minimum absolute atomic E-state index is 0.0233. The number of aliphatic hydroxyl groups is 1. The molecule has 1 atom stereocenters. The maximum absolute atomic E-state index is 13.5. The average molecular weight is 416 g/mol. The van der Waals surface area contributed by atoms with Gasteiger partial charge in [-0.1, -0.05) is 48.5 Å². The quantitative estimate of drug-likeness (QED) is 0.401. The third-order valence-electron chi connectivity index (χ3n) is 5.49. The van der Waals surface area contributed by atoms with E-state index in [9.17, 15) is 9.90 Å². The van der Waals surface area contributed by atoms with Crippen LogP contribution in [0.2, 0.25) is 0 Å². The summed E-state index contributed by atoms with van der Waals surface area (Å²) in [5.41, 5.74) is 6.20. The zero-order chi connectivity index (χ0) is 20.5. The van der Waals surface area contributed by atoms with E-state index in [-0.39, 0.29) is 18.4 Å². The number of rotatable bonds is 6. The van der Waals surface area contributed by atoms with Crippen LogP contribution in [0.15, 0.2) is 66.2 Å². The number of hydrogen-bond acceptors (Lipinski definition) is 6. The molecule has 3 heterocycles. The lowest BCUT2D eigenvalue weighted by Gasteiger charge is -2.16. The molecule has 0 radical (unpaired) electrons. The van der Waals surface area contributed by atoms with Gasteiger partial charge < -0.3 is 15.7 Å². The Morgan fingerprint density at radius 2 is 1.97 bits per heavy atom. The maximum Gasteiger partial charge on any atom is 0.189 e. The first kappa shape index (κ1) is 18.8. The summed E-state index contributed by atoms with van der Waals surface area (Å²) in [6.45, 7) is 0.531. The van der Waals surface area contributed by atoms with Crippen LogP contribution in [-0.4, -0.2) is 21.9 Å². The van der Waals surface area contributed by atoms with Crippen LogP contribution in [0, 0.1) is 0 Å². The van der Waals surface area contributed by atoms with E-state index in [0.29, 0.717) is 18.5 Å². The van der Waals surface area contributed by atoms with Gasteiger partial charge in [0.05, 0.1) is 34.1 Å². The first-order valence-electron chi connectivity index (χ1n) is 9.91. The second-order valence-electron chi connectivity index (χ2n) is 7.41. The van der Waals surface area contributed by atoms with Crippen LogP contribution in [0.1, 0.15) is 27.0 Å². The van der Waals surface area contributed by atoms with Gasteiger partial charge in [0.25, 0.3) is 0 Å². The largest absolute Gasteiger partial charge is 0.392 e. The van der Waals surface area contributed by atoms with Crippen molar-refractivity contribution < 1.29 is 9.90 Å². The number of hydrogen-bond donors (Lipinski definition) is 3. The molecule has 6 heteroatoms. The fourth-order valence-corrected chi connectivity index (χ4v) is 4.97. The molecule has 0 aliphatic carbocycles. The molecule has 2 aromatic carbocycles. The van der Waals surface area contributed by atoms with Gasteiger partial charge in [0.1, 0.15) is 0 Å². The van der Waals surface area contributed by atoms with Crippen molar-refractivity contribution in [3.05, 3.63) is 88.4 Å². The van der Waals surface area contributed by atoms with Crippen LogP contribution in [0.3, 0.4) is 0 Å². The molecule has 4 aromatic rings. The molecule has 5 rings (SSSR count). The monoisotopic (exact) mass is 415 g/mol. The number of carbonyl (C=O) groups is 1. The Morgan fingerprint density at radius 3 is 2.77 bits per heavy atom. The molecule has 1 aliphatic heterocycles. The van der Waals surface area contributed by atoms with Gasteiger partial charge in [-0.25, -0.2) is 0 Å². The van der Waals surface area contributed by atoms with Gasteiger partial charge in [0.15, 0.2) is 5.78 Å². The number of nitrogens with one attached hydrogen (secondary N) is 2. The Labute approximate surface area is 178 Å². The van der Waals surface area contributed by atoms with Crippen LogP contribution in [0.4, 0.5) is 11.4 Å². The Kier molecular flexibility index (Phi) is 4.94. The highest BCUT2D eigenvalue weighted by atomic mass is 32.1. The van der Waals surface area contributed by atoms with Crippen LogP contribution in [0.5, 0.6) is 0 Å². The molecule has 150 valence electrons. The van der Waals surface area contributed by atoms with Gasteiger partial charge in [-0.05, 0) is 22.6 Å². The smallest absolute Gasteiger partial charge is 0.189 e. The Morgan fingerprint density at radius 1 is 1.17 bits per heavy atom. The lowest BCUT2D eigenvalue weighted by Crippen LogP contribution is -2.28. The van der Waals surface area contributed by atoms with Crippen molar-refractivity contribution in [3.8, 4) is 0 Å². The molecule has 0 bridgehead atoms. The number of ketones is 1. The second kappa shape index (κ2) is 7.89. The Bertz CT molecular complexity index is 1190. The molecular formula is C24H21N3O2S. The molecule has 0 saturated heterocycles. The number of aliphatic hydroxyl groups excluding tert-OH is 1. The number of para-hydroxylation sites is 1. The van der Waals surface area contributed by atoms with Crippen molar-refractivity contribution >= 4 is 38.7 Å².